The van der Waals surface area contributed by atoms with Crippen LogP contribution in [0.3, 0.4) is 0 Å². The van der Waals surface area contributed by atoms with Crippen LogP contribution >= 0.6 is 0 Å². The number of nitrogens with one attached hydrogen (secondary N) is 1. The lowest BCUT2D eigenvalue weighted by atomic mass is 10.2. The van der Waals surface area contributed by atoms with Gasteiger partial charge >= 0.3 is 0 Å². The van der Waals surface area contributed by atoms with Crippen molar-refractivity contribution < 1.29 is 9.53 Å². The summed E-state index contributed by atoms with van der Waals surface area (Å²) in [5, 5.41) is 0. The molecule has 0 aliphatic carbocycles. The summed E-state index contributed by atoms with van der Waals surface area (Å²) in [6, 6.07) is 3.63. The van der Waals surface area contributed by atoms with E-state index in [1.54, 1.807) is 18.3 Å². The summed E-state index contributed by atoms with van der Waals surface area (Å²) in [7, 11) is 0. The number of pyridine rings is 1. The molecule has 0 unspecified atom stereocenters. The molecule has 0 radical (unpaired) electrons. The number of aromatic nitrogens is 1. The van der Waals surface area contributed by atoms with Gasteiger partial charge in [-0.3, -0.25) is 10.2 Å². The Morgan fingerprint density at radius 2 is 2.53 bits per heavy atom. The molecule has 1 aliphatic rings. The van der Waals surface area contributed by atoms with Crippen molar-refractivity contribution in [2.75, 3.05) is 24.7 Å². The van der Waals surface area contributed by atoms with E-state index in [9.17, 15) is 4.79 Å². The van der Waals surface area contributed by atoms with E-state index in [0.29, 0.717) is 24.6 Å². The molecule has 2 heterocycles. The third kappa shape index (κ3) is 2.37. The maximum Gasteiger partial charge on any atom is 0.268 e. The van der Waals surface area contributed by atoms with Crippen molar-refractivity contribution in [1.29, 1.82) is 0 Å². The van der Waals surface area contributed by atoms with Gasteiger partial charge in [-0.15, -0.1) is 0 Å². The first-order chi connectivity index (χ1) is 8.24. The summed E-state index contributed by atoms with van der Waals surface area (Å²) < 4.78 is 5.37. The quantitative estimate of drug-likeness (QED) is 0.426. The minimum absolute atomic E-state index is 0.197. The Kier molecular flexibility index (Phi) is 3.55. The van der Waals surface area contributed by atoms with Crippen LogP contribution in [0.1, 0.15) is 17.3 Å². The van der Waals surface area contributed by atoms with E-state index in [1.165, 1.54) is 0 Å². The highest BCUT2D eigenvalue weighted by atomic mass is 16.5. The van der Waals surface area contributed by atoms with Crippen molar-refractivity contribution in [2.24, 2.45) is 5.84 Å². The van der Waals surface area contributed by atoms with Crippen molar-refractivity contribution in [3.05, 3.63) is 23.9 Å². The molecule has 1 atom stereocenters. The van der Waals surface area contributed by atoms with E-state index in [1.807, 2.05) is 6.92 Å². The number of nitrogens with zero attached hydrogens (tertiary/aromatic N) is 2. The van der Waals surface area contributed by atoms with Crippen LogP contribution in [-0.4, -0.2) is 36.7 Å². The number of ether oxygens (including phenoxy) is 1. The predicted octanol–water partition coefficient (Wildman–Crippen LogP) is -0.0898. The Balaban J connectivity index is 2.33. The lowest BCUT2D eigenvalue weighted by molar-refractivity contribution is 0.0938. The maximum atomic E-state index is 11.6. The first kappa shape index (κ1) is 11.8. The number of amides is 1. The van der Waals surface area contributed by atoms with Crippen LogP contribution in [0, 0.1) is 0 Å². The number of carbonyl (C=O) groups is 1. The molecule has 3 N–H and O–H groups in total. The molecule has 1 amide bonds. The van der Waals surface area contributed by atoms with E-state index < -0.39 is 0 Å². The Hall–Kier alpha value is -1.66. The van der Waals surface area contributed by atoms with Gasteiger partial charge < -0.3 is 9.64 Å². The maximum absolute atomic E-state index is 11.6. The minimum atomic E-state index is -0.327. The number of carbonyl (C=O) groups excluding carboxylic acids is 1. The van der Waals surface area contributed by atoms with Gasteiger partial charge in [-0.2, -0.15) is 0 Å². The summed E-state index contributed by atoms with van der Waals surface area (Å²) in [6.45, 7) is 4.05. The van der Waals surface area contributed by atoms with Crippen molar-refractivity contribution in [2.45, 2.75) is 13.0 Å². The zero-order valence-electron chi connectivity index (χ0n) is 9.72. The van der Waals surface area contributed by atoms with E-state index in [4.69, 9.17) is 10.6 Å². The molecule has 0 saturated carbocycles. The Labute approximate surface area is 99.7 Å². The minimum Gasteiger partial charge on any atom is -0.377 e. The summed E-state index contributed by atoms with van der Waals surface area (Å²) in [6.07, 6.45) is 1.67. The number of nitrogen functional groups attached to an aromatic ring is 1. The largest absolute Gasteiger partial charge is 0.377 e. The van der Waals surface area contributed by atoms with Crippen molar-refractivity contribution >= 4 is 11.7 Å². The SMILES string of the molecule is C[C@@H]1COCCN1c1ncccc1C(=O)NN. The smallest absolute Gasteiger partial charge is 0.268 e. The fourth-order valence-corrected chi connectivity index (χ4v) is 1.92. The van der Waals surface area contributed by atoms with E-state index >= 15 is 0 Å². The van der Waals surface area contributed by atoms with Crippen LogP contribution in [0.25, 0.3) is 0 Å². The van der Waals surface area contributed by atoms with Gasteiger partial charge in [0.15, 0.2) is 0 Å². The Morgan fingerprint density at radius 1 is 1.71 bits per heavy atom. The molecule has 0 spiro atoms. The highest BCUT2D eigenvalue weighted by Crippen LogP contribution is 2.21. The van der Waals surface area contributed by atoms with E-state index in [2.05, 4.69) is 15.3 Å². The molecule has 92 valence electrons. The first-order valence-corrected chi connectivity index (χ1v) is 5.54. The number of nitrogens with two attached hydrogens (primary N) is 1. The molecule has 0 bridgehead atoms. The highest BCUT2D eigenvalue weighted by molar-refractivity contribution is 5.98. The number of hydrazine groups is 1. The molecule has 2 rings (SSSR count). The van der Waals surface area contributed by atoms with E-state index in [0.717, 1.165) is 6.54 Å². The van der Waals surface area contributed by atoms with Crippen molar-refractivity contribution in [3.8, 4) is 0 Å². The van der Waals surface area contributed by atoms with Gasteiger partial charge in [0, 0.05) is 12.7 Å². The van der Waals surface area contributed by atoms with Crippen LogP contribution in [0.4, 0.5) is 5.82 Å². The van der Waals surface area contributed by atoms with E-state index in [-0.39, 0.29) is 11.9 Å². The van der Waals surface area contributed by atoms with Crippen LogP contribution < -0.4 is 16.2 Å². The lowest BCUT2D eigenvalue weighted by Crippen LogP contribution is -2.45. The fraction of sp³-hybridized carbons (Fsp3) is 0.455. The van der Waals surface area contributed by atoms with Crippen molar-refractivity contribution in [3.63, 3.8) is 0 Å². The van der Waals surface area contributed by atoms with Crippen LogP contribution in [0.15, 0.2) is 18.3 Å². The summed E-state index contributed by atoms with van der Waals surface area (Å²) in [4.78, 5) is 18.0. The zero-order chi connectivity index (χ0) is 12.3. The highest BCUT2D eigenvalue weighted by Gasteiger charge is 2.24. The molecule has 1 aromatic heterocycles. The second kappa shape index (κ2) is 5.11. The normalized spacial score (nSPS) is 20.1. The third-order valence-electron chi connectivity index (χ3n) is 2.80. The van der Waals surface area contributed by atoms with Crippen LogP contribution in [0.5, 0.6) is 0 Å². The predicted molar refractivity (Wildman–Crippen MR) is 63.5 cm³/mol. The topological polar surface area (TPSA) is 80.5 Å². The number of anilines is 1. The Morgan fingerprint density at radius 3 is 3.24 bits per heavy atom. The second-order valence-corrected chi connectivity index (χ2v) is 3.97. The number of morpholine rings is 1. The molecule has 1 saturated heterocycles. The molecular weight excluding hydrogens is 220 g/mol. The monoisotopic (exact) mass is 236 g/mol. The van der Waals surface area contributed by atoms with Crippen LogP contribution in [-0.2, 0) is 4.74 Å². The molecule has 0 aromatic carbocycles. The standard InChI is InChI=1S/C11H16N4O2/c1-8-7-17-6-5-15(8)10-9(11(16)14-12)3-2-4-13-10/h2-4,8H,5-7,12H2,1H3,(H,14,16)/t8-/m1/s1. The van der Waals surface area contributed by atoms with Gasteiger partial charge in [-0.05, 0) is 19.1 Å². The van der Waals surface area contributed by atoms with Gasteiger partial charge in [-0.25, -0.2) is 10.8 Å². The molecule has 6 heteroatoms. The fourth-order valence-electron chi connectivity index (χ4n) is 1.92. The first-order valence-electron chi connectivity index (χ1n) is 5.54. The molecular formula is C11H16N4O2. The summed E-state index contributed by atoms with van der Waals surface area (Å²) >= 11 is 0. The second-order valence-electron chi connectivity index (χ2n) is 3.97. The molecule has 1 fully saturated rings. The molecule has 1 aromatic rings. The van der Waals surface area contributed by atoms with Crippen LogP contribution in [0.2, 0.25) is 0 Å². The van der Waals surface area contributed by atoms with Gasteiger partial charge in [0.05, 0.1) is 24.8 Å². The van der Waals surface area contributed by atoms with Crippen molar-refractivity contribution in [1.82, 2.24) is 10.4 Å². The summed E-state index contributed by atoms with van der Waals surface area (Å²) in [5.74, 6) is 5.50. The zero-order valence-corrected chi connectivity index (χ0v) is 9.72. The van der Waals surface area contributed by atoms with Gasteiger partial charge in [0.1, 0.15) is 5.82 Å². The van der Waals surface area contributed by atoms with Gasteiger partial charge in [-0.1, -0.05) is 0 Å². The number of rotatable bonds is 2. The number of hydrogen-bond acceptors (Lipinski definition) is 5. The average molecular weight is 236 g/mol. The van der Waals surface area contributed by atoms with Gasteiger partial charge in [0.2, 0.25) is 0 Å². The van der Waals surface area contributed by atoms with Gasteiger partial charge in [0.25, 0.3) is 5.91 Å². The molecule has 1 aliphatic heterocycles. The number of hydrogen-bond donors (Lipinski definition) is 2. The summed E-state index contributed by atoms with van der Waals surface area (Å²) in [5.41, 5.74) is 2.63. The molecule has 17 heavy (non-hydrogen) atoms. The molecule has 6 nitrogen and oxygen atoms in total. The average Bonchev–Trinajstić information content (AvgIpc) is 2.38. The lowest BCUT2D eigenvalue weighted by Gasteiger charge is -2.35. The Bertz CT molecular complexity index is 410. The third-order valence-corrected chi connectivity index (χ3v) is 2.80.